The van der Waals surface area contributed by atoms with Crippen molar-refractivity contribution in [1.82, 2.24) is 9.97 Å². The zero-order valence-corrected chi connectivity index (χ0v) is 10.9. The van der Waals surface area contributed by atoms with E-state index in [4.69, 9.17) is 16.2 Å². The van der Waals surface area contributed by atoms with Crippen LogP contribution in [0.25, 0.3) is 22.4 Å². The Bertz CT molecular complexity index is 867. The van der Waals surface area contributed by atoms with Gasteiger partial charge < -0.3 is 15.8 Å². The number of aromatic carboxylic acids is 1. The molecule has 104 valence electrons. The molecule has 5 N–H and O–H groups in total. The van der Waals surface area contributed by atoms with Crippen molar-refractivity contribution in [2.45, 2.75) is 0 Å². The van der Waals surface area contributed by atoms with Gasteiger partial charge in [-0.15, -0.1) is 0 Å². The number of amidine groups is 1. The number of aromatic nitrogens is 2. The number of rotatable bonds is 3. The highest BCUT2D eigenvalue weighted by Crippen LogP contribution is 2.22. The molecule has 21 heavy (non-hydrogen) atoms. The van der Waals surface area contributed by atoms with E-state index < -0.39 is 5.97 Å². The molecule has 2 aromatic carbocycles. The molecule has 0 saturated carbocycles. The number of nitrogens with zero attached hydrogens (tertiary/aromatic N) is 1. The van der Waals surface area contributed by atoms with E-state index >= 15 is 0 Å². The van der Waals surface area contributed by atoms with Crippen molar-refractivity contribution in [3.8, 4) is 11.4 Å². The number of aromatic amines is 1. The standard InChI is InChI=1S/C15H12N4O2/c16-13(17)8-4-5-11-12(7-8)19-14(18-11)9-2-1-3-10(6-9)15(20)21/h1-7H,(H3,16,17)(H,18,19)(H,20,21). The second-order valence-corrected chi connectivity index (χ2v) is 4.62. The van der Waals surface area contributed by atoms with Gasteiger partial charge in [-0.1, -0.05) is 12.1 Å². The Labute approximate surface area is 119 Å². The number of H-pyrrole nitrogens is 1. The lowest BCUT2D eigenvalue weighted by Gasteiger charge is -1.98. The second-order valence-electron chi connectivity index (χ2n) is 4.62. The summed E-state index contributed by atoms with van der Waals surface area (Å²) < 4.78 is 0. The number of fused-ring (bicyclic) bond motifs is 1. The second kappa shape index (κ2) is 4.75. The molecule has 0 atom stereocenters. The highest BCUT2D eigenvalue weighted by atomic mass is 16.4. The van der Waals surface area contributed by atoms with Crippen LogP contribution in [0.3, 0.4) is 0 Å². The summed E-state index contributed by atoms with van der Waals surface area (Å²) in [6.45, 7) is 0. The first-order valence-corrected chi connectivity index (χ1v) is 6.22. The minimum absolute atomic E-state index is 0.0130. The number of carbonyl (C=O) groups is 1. The van der Waals surface area contributed by atoms with Crippen molar-refractivity contribution in [3.05, 3.63) is 53.6 Å². The maximum absolute atomic E-state index is 11.0. The fraction of sp³-hybridized carbons (Fsp3) is 0. The Morgan fingerprint density at radius 1 is 1.19 bits per heavy atom. The van der Waals surface area contributed by atoms with Gasteiger partial charge in [0.25, 0.3) is 0 Å². The van der Waals surface area contributed by atoms with Crippen molar-refractivity contribution < 1.29 is 9.90 Å². The maximum atomic E-state index is 11.0. The summed E-state index contributed by atoms with van der Waals surface area (Å²) >= 11 is 0. The minimum atomic E-state index is -0.980. The molecule has 0 saturated heterocycles. The van der Waals surface area contributed by atoms with Gasteiger partial charge in [0.2, 0.25) is 0 Å². The number of nitrogen functional groups attached to an aromatic ring is 1. The molecule has 0 aliphatic heterocycles. The van der Waals surface area contributed by atoms with Crippen LogP contribution in [0, 0.1) is 5.41 Å². The predicted octanol–water partition coefficient (Wildman–Crippen LogP) is 2.21. The summed E-state index contributed by atoms with van der Waals surface area (Å²) in [5, 5.41) is 16.5. The lowest BCUT2D eigenvalue weighted by atomic mass is 10.1. The van der Waals surface area contributed by atoms with Crippen LogP contribution in [-0.4, -0.2) is 26.9 Å². The van der Waals surface area contributed by atoms with Crippen LogP contribution in [-0.2, 0) is 0 Å². The van der Waals surface area contributed by atoms with Crippen molar-refractivity contribution >= 4 is 22.8 Å². The van der Waals surface area contributed by atoms with Gasteiger partial charge in [-0.2, -0.15) is 0 Å². The highest BCUT2D eigenvalue weighted by molar-refractivity contribution is 5.98. The van der Waals surface area contributed by atoms with Gasteiger partial charge in [-0.25, -0.2) is 9.78 Å². The topological polar surface area (TPSA) is 116 Å². The molecular formula is C15H12N4O2. The normalized spacial score (nSPS) is 10.7. The fourth-order valence-corrected chi connectivity index (χ4v) is 2.11. The smallest absolute Gasteiger partial charge is 0.335 e. The molecule has 1 heterocycles. The number of nitrogens with one attached hydrogen (secondary N) is 2. The molecule has 0 aliphatic carbocycles. The summed E-state index contributed by atoms with van der Waals surface area (Å²) in [6, 6.07) is 11.8. The van der Waals surface area contributed by atoms with E-state index in [9.17, 15) is 4.79 Å². The third kappa shape index (κ3) is 2.34. The molecule has 3 rings (SSSR count). The van der Waals surface area contributed by atoms with E-state index in [2.05, 4.69) is 9.97 Å². The quantitative estimate of drug-likeness (QED) is 0.434. The number of hydrogen-bond acceptors (Lipinski definition) is 3. The number of hydrogen-bond donors (Lipinski definition) is 4. The van der Waals surface area contributed by atoms with Crippen LogP contribution >= 0.6 is 0 Å². The zero-order chi connectivity index (χ0) is 15.0. The van der Waals surface area contributed by atoms with Gasteiger partial charge in [0.1, 0.15) is 11.7 Å². The lowest BCUT2D eigenvalue weighted by Crippen LogP contribution is -2.10. The monoisotopic (exact) mass is 280 g/mol. The van der Waals surface area contributed by atoms with Crippen molar-refractivity contribution in [1.29, 1.82) is 5.41 Å². The molecule has 0 bridgehead atoms. The molecule has 0 amide bonds. The van der Waals surface area contributed by atoms with E-state index in [1.807, 2.05) is 0 Å². The molecule has 1 aromatic heterocycles. The highest BCUT2D eigenvalue weighted by Gasteiger charge is 2.09. The minimum Gasteiger partial charge on any atom is -0.478 e. The Morgan fingerprint density at radius 2 is 2.00 bits per heavy atom. The summed E-state index contributed by atoms with van der Waals surface area (Å²) in [5.74, 6) is -0.415. The van der Waals surface area contributed by atoms with Gasteiger partial charge in [0.15, 0.2) is 0 Å². The average molecular weight is 280 g/mol. The predicted molar refractivity (Wildman–Crippen MR) is 79.5 cm³/mol. The van der Waals surface area contributed by atoms with Gasteiger partial charge in [0.05, 0.1) is 16.6 Å². The molecule has 0 fully saturated rings. The summed E-state index contributed by atoms with van der Waals surface area (Å²) in [6.07, 6.45) is 0. The first-order chi connectivity index (χ1) is 10.0. The molecule has 6 nitrogen and oxygen atoms in total. The first-order valence-electron chi connectivity index (χ1n) is 6.22. The Hall–Kier alpha value is -3.15. The molecule has 6 heteroatoms. The van der Waals surface area contributed by atoms with Gasteiger partial charge in [0, 0.05) is 11.1 Å². The van der Waals surface area contributed by atoms with E-state index in [0.717, 1.165) is 11.0 Å². The number of benzene rings is 2. The van der Waals surface area contributed by atoms with Gasteiger partial charge in [-0.05, 0) is 30.3 Å². The van der Waals surface area contributed by atoms with Crippen LogP contribution in [0.15, 0.2) is 42.5 Å². The van der Waals surface area contributed by atoms with E-state index in [-0.39, 0.29) is 11.4 Å². The van der Waals surface area contributed by atoms with Crippen LogP contribution in [0.1, 0.15) is 15.9 Å². The van der Waals surface area contributed by atoms with Crippen molar-refractivity contribution in [3.63, 3.8) is 0 Å². The number of imidazole rings is 1. The Balaban J connectivity index is 2.10. The van der Waals surface area contributed by atoms with Crippen LogP contribution in [0.5, 0.6) is 0 Å². The zero-order valence-electron chi connectivity index (χ0n) is 10.9. The number of carboxylic acid groups (broad SMARTS) is 1. The van der Waals surface area contributed by atoms with Crippen LogP contribution in [0.2, 0.25) is 0 Å². The lowest BCUT2D eigenvalue weighted by molar-refractivity contribution is 0.0697. The number of nitrogens with two attached hydrogens (primary N) is 1. The Morgan fingerprint density at radius 3 is 2.71 bits per heavy atom. The van der Waals surface area contributed by atoms with Gasteiger partial charge >= 0.3 is 5.97 Å². The van der Waals surface area contributed by atoms with Crippen molar-refractivity contribution in [2.24, 2.45) is 5.73 Å². The van der Waals surface area contributed by atoms with Crippen molar-refractivity contribution in [2.75, 3.05) is 0 Å². The largest absolute Gasteiger partial charge is 0.478 e. The molecule has 0 unspecified atom stereocenters. The molecular weight excluding hydrogens is 268 g/mol. The van der Waals surface area contributed by atoms with E-state index in [1.54, 1.807) is 36.4 Å². The third-order valence-electron chi connectivity index (χ3n) is 3.18. The summed E-state index contributed by atoms with van der Waals surface area (Å²) in [7, 11) is 0. The molecule has 0 aliphatic rings. The summed E-state index contributed by atoms with van der Waals surface area (Å²) in [5.41, 5.74) is 8.44. The van der Waals surface area contributed by atoms with Gasteiger partial charge in [-0.3, -0.25) is 5.41 Å². The molecule has 0 spiro atoms. The van der Waals surface area contributed by atoms with Crippen LogP contribution < -0.4 is 5.73 Å². The van der Waals surface area contributed by atoms with Crippen LogP contribution in [0.4, 0.5) is 0 Å². The summed E-state index contributed by atoms with van der Waals surface area (Å²) in [4.78, 5) is 18.5. The SMILES string of the molecule is N=C(N)c1ccc2nc(-c3cccc(C(=O)O)c3)[nH]c2c1. The first kappa shape index (κ1) is 12.9. The average Bonchev–Trinajstić information content (AvgIpc) is 2.90. The van der Waals surface area contributed by atoms with E-state index in [0.29, 0.717) is 17.0 Å². The third-order valence-corrected chi connectivity index (χ3v) is 3.18. The molecule has 3 aromatic rings. The maximum Gasteiger partial charge on any atom is 0.335 e. The van der Waals surface area contributed by atoms with E-state index in [1.165, 1.54) is 6.07 Å². The Kier molecular flexibility index (Phi) is 2.91. The fourth-order valence-electron chi connectivity index (χ4n) is 2.11. The molecule has 0 radical (unpaired) electrons. The number of carboxylic acids is 1.